The maximum atomic E-state index is 11.5. The number of anilines is 2. The van der Waals surface area contributed by atoms with Gasteiger partial charge in [0, 0.05) is 22.2 Å². The van der Waals surface area contributed by atoms with Gasteiger partial charge in [0.05, 0.1) is 10.7 Å². The molecule has 1 rings (SSSR count). The Labute approximate surface area is 108 Å². The van der Waals surface area contributed by atoms with Crippen LogP contribution in [0.4, 0.5) is 11.4 Å². The highest BCUT2D eigenvalue weighted by Crippen LogP contribution is 2.22. The van der Waals surface area contributed by atoms with E-state index in [1.54, 1.807) is 18.2 Å². The van der Waals surface area contributed by atoms with Gasteiger partial charge in [0.25, 0.3) is 0 Å². The molecule has 0 bridgehead atoms. The van der Waals surface area contributed by atoms with Gasteiger partial charge in [-0.1, -0.05) is 18.5 Å². The smallest absolute Gasteiger partial charge is 0.236 e. The van der Waals surface area contributed by atoms with Crippen molar-refractivity contribution in [1.82, 2.24) is 0 Å². The Morgan fingerprint density at radius 3 is 2.82 bits per heavy atom. The first-order chi connectivity index (χ1) is 8.02. The average molecular weight is 275 g/mol. The molecule has 1 aromatic rings. The molecule has 1 amide bonds. The van der Waals surface area contributed by atoms with Crippen LogP contribution in [0.25, 0.3) is 0 Å². The molecule has 1 atom stereocenters. The van der Waals surface area contributed by atoms with Gasteiger partial charge in [-0.05, 0) is 24.6 Å². The van der Waals surface area contributed by atoms with Gasteiger partial charge in [-0.3, -0.25) is 9.00 Å². The van der Waals surface area contributed by atoms with Crippen LogP contribution in [0.15, 0.2) is 18.2 Å². The van der Waals surface area contributed by atoms with Gasteiger partial charge < -0.3 is 11.1 Å². The Morgan fingerprint density at radius 1 is 1.53 bits per heavy atom. The van der Waals surface area contributed by atoms with Crippen LogP contribution in [0, 0.1) is 0 Å². The maximum Gasteiger partial charge on any atom is 0.236 e. The van der Waals surface area contributed by atoms with Crippen molar-refractivity contribution in [2.45, 2.75) is 13.3 Å². The number of rotatable bonds is 5. The summed E-state index contributed by atoms with van der Waals surface area (Å²) in [5.41, 5.74) is 6.56. The SMILES string of the molecule is CCCS(=O)CC(=O)Nc1ccc(Cl)c(N)c1. The molecule has 1 unspecified atom stereocenters. The molecule has 17 heavy (non-hydrogen) atoms. The number of hydrogen-bond acceptors (Lipinski definition) is 3. The lowest BCUT2D eigenvalue weighted by molar-refractivity contribution is -0.113. The Hall–Kier alpha value is -1.07. The van der Waals surface area contributed by atoms with E-state index in [-0.39, 0.29) is 11.7 Å². The van der Waals surface area contributed by atoms with E-state index in [9.17, 15) is 9.00 Å². The third-order valence-electron chi connectivity index (χ3n) is 2.00. The molecule has 4 nitrogen and oxygen atoms in total. The Balaban J connectivity index is 2.56. The molecule has 0 aromatic heterocycles. The van der Waals surface area contributed by atoms with Crippen molar-refractivity contribution in [1.29, 1.82) is 0 Å². The van der Waals surface area contributed by atoms with Crippen LogP contribution in [0.5, 0.6) is 0 Å². The number of nitrogens with two attached hydrogens (primary N) is 1. The quantitative estimate of drug-likeness (QED) is 0.807. The summed E-state index contributed by atoms with van der Waals surface area (Å²) in [4.78, 5) is 11.5. The molecular weight excluding hydrogens is 260 g/mol. The fourth-order valence-corrected chi connectivity index (χ4v) is 2.35. The highest BCUT2D eigenvalue weighted by molar-refractivity contribution is 7.85. The molecule has 3 N–H and O–H groups in total. The first-order valence-electron chi connectivity index (χ1n) is 5.22. The Kier molecular flexibility index (Phi) is 5.44. The van der Waals surface area contributed by atoms with E-state index in [4.69, 9.17) is 17.3 Å². The van der Waals surface area contributed by atoms with Gasteiger partial charge in [-0.15, -0.1) is 0 Å². The second-order valence-electron chi connectivity index (χ2n) is 3.57. The second kappa shape index (κ2) is 6.61. The van der Waals surface area contributed by atoms with Gasteiger partial charge >= 0.3 is 0 Å². The molecule has 0 spiro atoms. The number of benzene rings is 1. The van der Waals surface area contributed by atoms with Crippen molar-refractivity contribution in [2.24, 2.45) is 0 Å². The molecule has 0 fully saturated rings. The summed E-state index contributed by atoms with van der Waals surface area (Å²) in [6.45, 7) is 1.93. The predicted octanol–water partition coefficient (Wildman–Crippen LogP) is 2.02. The van der Waals surface area contributed by atoms with Crippen molar-refractivity contribution in [3.8, 4) is 0 Å². The summed E-state index contributed by atoms with van der Waals surface area (Å²) >= 11 is 5.76. The zero-order valence-electron chi connectivity index (χ0n) is 9.53. The zero-order valence-corrected chi connectivity index (χ0v) is 11.1. The first-order valence-corrected chi connectivity index (χ1v) is 7.09. The summed E-state index contributed by atoms with van der Waals surface area (Å²) in [6, 6.07) is 4.83. The van der Waals surface area contributed by atoms with Crippen LogP contribution in [0.2, 0.25) is 5.02 Å². The van der Waals surface area contributed by atoms with E-state index in [0.717, 1.165) is 6.42 Å². The Morgan fingerprint density at radius 2 is 2.24 bits per heavy atom. The summed E-state index contributed by atoms with van der Waals surface area (Å²) in [6.07, 6.45) is 0.799. The highest BCUT2D eigenvalue weighted by Gasteiger charge is 2.08. The second-order valence-corrected chi connectivity index (χ2v) is 5.56. The summed E-state index contributed by atoms with van der Waals surface area (Å²) in [5.74, 6) is 0.269. The van der Waals surface area contributed by atoms with E-state index in [0.29, 0.717) is 22.2 Å². The van der Waals surface area contributed by atoms with E-state index >= 15 is 0 Å². The normalized spacial score (nSPS) is 12.1. The zero-order chi connectivity index (χ0) is 12.8. The summed E-state index contributed by atoms with van der Waals surface area (Å²) < 4.78 is 11.4. The van der Waals surface area contributed by atoms with E-state index < -0.39 is 10.8 Å². The number of nitrogen functional groups attached to an aromatic ring is 1. The Bertz CT molecular complexity index is 437. The largest absolute Gasteiger partial charge is 0.397 e. The standard InChI is InChI=1S/C11H15ClN2O2S/c1-2-5-17(16)7-11(15)14-8-3-4-9(12)10(13)6-8/h3-4,6H,2,5,7,13H2,1H3,(H,14,15). The van der Waals surface area contributed by atoms with Crippen LogP contribution in [0.1, 0.15) is 13.3 Å². The molecule has 0 saturated carbocycles. The fraction of sp³-hybridized carbons (Fsp3) is 0.364. The lowest BCUT2D eigenvalue weighted by Crippen LogP contribution is -2.20. The highest BCUT2D eigenvalue weighted by atomic mass is 35.5. The number of halogens is 1. The molecule has 0 saturated heterocycles. The van der Waals surface area contributed by atoms with Crippen molar-refractivity contribution in [3.63, 3.8) is 0 Å². The molecule has 0 radical (unpaired) electrons. The number of nitrogens with one attached hydrogen (secondary N) is 1. The molecule has 0 heterocycles. The molecule has 6 heteroatoms. The molecule has 0 aliphatic heterocycles. The number of amides is 1. The summed E-state index contributed by atoms with van der Waals surface area (Å²) in [7, 11) is -1.10. The van der Waals surface area contributed by atoms with Crippen molar-refractivity contribution in [3.05, 3.63) is 23.2 Å². The van der Waals surface area contributed by atoms with Crippen LogP contribution < -0.4 is 11.1 Å². The van der Waals surface area contributed by atoms with Crippen LogP contribution in [0.3, 0.4) is 0 Å². The number of carbonyl (C=O) groups excluding carboxylic acids is 1. The minimum atomic E-state index is -1.10. The summed E-state index contributed by atoms with van der Waals surface area (Å²) in [5, 5.41) is 3.07. The predicted molar refractivity (Wildman–Crippen MR) is 72.7 cm³/mol. The van der Waals surface area contributed by atoms with E-state index in [1.165, 1.54) is 0 Å². The lowest BCUT2D eigenvalue weighted by atomic mass is 10.3. The first kappa shape index (κ1) is 14.0. The van der Waals surface area contributed by atoms with Crippen LogP contribution in [-0.2, 0) is 15.6 Å². The maximum absolute atomic E-state index is 11.5. The monoisotopic (exact) mass is 274 g/mol. The minimum Gasteiger partial charge on any atom is -0.397 e. The molecule has 94 valence electrons. The van der Waals surface area contributed by atoms with Gasteiger partial charge in [-0.25, -0.2) is 0 Å². The minimum absolute atomic E-state index is 0.0103. The molecule has 0 aliphatic rings. The number of hydrogen-bond donors (Lipinski definition) is 2. The van der Waals surface area contributed by atoms with E-state index in [1.807, 2.05) is 6.92 Å². The van der Waals surface area contributed by atoms with Gasteiger partial charge in [0.1, 0.15) is 5.75 Å². The van der Waals surface area contributed by atoms with Gasteiger partial charge in [0.15, 0.2) is 0 Å². The average Bonchev–Trinajstić information content (AvgIpc) is 2.23. The van der Waals surface area contributed by atoms with Crippen molar-refractivity contribution in [2.75, 3.05) is 22.6 Å². The fourth-order valence-electron chi connectivity index (χ4n) is 1.26. The van der Waals surface area contributed by atoms with Crippen molar-refractivity contribution < 1.29 is 9.00 Å². The van der Waals surface area contributed by atoms with Crippen LogP contribution in [-0.4, -0.2) is 21.6 Å². The van der Waals surface area contributed by atoms with E-state index in [2.05, 4.69) is 5.32 Å². The molecular formula is C11H15ClN2O2S. The molecule has 1 aromatic carbocycles. The third-order valence-corrected chi connectivity index (χ3v) is 3.80. The van der Waals surface area contributed by atoms with Crippen LogP contribution >= 0.6 is 11.6 Å². The lowest BCUT2D eigenvalue weighted by Gasteiger charge is -2.06. The number of carbonyl (C=O) groups is 1. The van der Waals surface area contributed by atoms with Gasteiger partial charge in [-0.2, -0.15) is 0 Å². The molecule has 0 aliphatic carbocycles. The topological polar surface area (TPSA) is 72.2 Å². The third kappa shape index (κ3) is 4.75. The van der Waals surface area contributed by atoms with Gasteiger partial charge in [0.2, 0.25) is 5.91 Å². The van der Waals surface area contributed by atoms with Crippen molar-refractivity contribution >= 4 is 39.7 Å².